The molecule has 3 rings (SSSR count). The number of benzene rings is 2. The molecule has 0 saturated heterocycles. The first-order chi connectivity index (χ1) is 11.6. The van der Waals surface area contributed by atoms with Gasteiger partial charge < -0.3 is 19.3 Å². The van der Waals surface area contributed by atoms with E-state index in [2.05, 4.69) is 0 Å². The van der Waals surface area contributed by atoms with Crippen LogP contribution in [-0.4, -0.2) is 43.1 Å². The molecular formula is C18H20FNO4. The Labute approximate surface area is 140 Å². The van der Waals surface area contributed by atoms with Crippen molar-refractivity contribution in [2.24, 2.45) is 0 Å². The molecule has 1 N–H and O–H groups in total. The molecule has 0 bridgehead atoms. The number of fused-ring (bicyclic) bond motifs is 1. The average Bonchev–Trinajstić information content (AvgIpc) is 3.01. The molecule has 1 aliphatic rings. The van der Waals surface area contributed by atoms with Crippen molar-refractivity contribution in [3.8, 4) is 17.2 Å². The number of aliphatic hydroxyl groups excluding tert-OH is 1. The summed E-state index contributed by atoms with van der Waals surface area (Å²) in [7, 11) is 1.90. The quantitative estimate of drug-likeness (QED) is 0.843. The van der Waals surface area contributed by atoms with E-state index >= 15 is 0 Å². The zero-order valence-electron chi connectivity index (χ0n) is 13.4. The van der Waals surface area contributed by atoms with Crippen molar-refractivity contribution in [2.45, 2.75) is 12.6 Å². The van der Waals surface area contributed by atoms with Gasteiger partial charge in [0.15, 0.2) is 23.1 Å². The van der Waals surface area contributed by atoms with Crippen molar-refractivity contribution >= 4 is 0 Å². The molecule has 2 aromatic rings. The number of hydrogen-bond donors (Lipinski definition) is 1. The molecule has 0 amide bonds. The van der Waals surface area contributed by atoms with Gasteiger partial charge in [-0.15, -0.1) is 0 Å². The third kappa shape index (κ3) is 4.15. The second kappa shape index (κ2) is 7.51. The summed E-state index contributed by atoms with van der Waals surface area (Å²) in [6.45, 7) is 1.34. The number of halogens is 1. The third-order valence-electron chi connectivity index (χ3n) is 3.68. The van der Waals surface area contributed by atoms with Crippen molar-refractivity contribution in [3.05, 3.63) is 53.8 Å². The fraction of sp³-hybridized carbons (Fsp3) is 0.333. The summed E-state index contributed by atoms with van der Waals surface area (Å²) >= 11 is 0. The highest BCUT2D eigenvalue weighted by molar-refractivity contribution is 5.44. The number of para-hydroxylation sites is 1. The predicted octanol–water partition coefficient (Wildman–Crippen LogP) is 2.43. The highest BCUT2D eigenvalue weighted by Crippen LogP contribution is 2.32. The van der Waals surface area contributed by atoms with E-state index in [0.29, 0.717) is 13.1 Å². The molecule has 0 unspecified atom stereocenters. The first kappa shape index (κ1) is 16.5. The molecule has 5 nitrogen and oxygen atoms in total. The molecule has 0 spiro atoms. The Bertz CT molecular complexity index is 694. The van der Waals surface area contributed by atoms with Gasteiger partial charge in [-0.1, -0.05) is 18.2 Å². The molecule has 0 fully saturated rings. The largest absolute Gasteiger partial charge is 0.488 e. The summed E-state index contributed by atoms with van der Waals surface area (Å²) in [6.07, 6.45) is -0.719. The molecule has 0 saturated carbocycles. The average molecular weight is 333 g/mol. The summed E-state index contributed by atoms with van der Waals surface area (Å²) in [5, 5.41) is 10.1. The maximum absolute atomic E-state index is 13.5. The smallest absolute Gasteiger partial charge is 0.231 e. The second-order valence-corrected chi connectivity index (χ2v) is 5.78. The number of nitrogens with zero attached hydrogens (tertiary/aromatic N) is 1. The molecule has 1 atom stereocenters. The molecule has 1 heterocycles. The Balaban J connectivity index is 1.47. The van der Waals surface area contributed by atoms with Gasteiger partial charge in [0.1, 0.15) is 12.7 Å². The van der Waals surface area contributed by atoms with Crippen LogP contribution in [0.4, 0.5) is 4.39 Å². The van der Waals surface area contributed by atoms with E-state index in [1.165, 1.54) is 6.07 Å². The van der Waals surface area contributed by atoms with Gasteiger partial charge in [-0.2, -0.15) is 0 Å². The Morgan fingerprint density at radius 3 is 2.83 bits per heavy atom. The van der Waals surface area contributed by atoms with Gasteiger partial charge in [-0.25, -0.2) is 4.39 Å². The zero-order chi connectivity index (χ0) is 16.9. The van der Waals surface area contributed by atoms with Crippen molar-refractivity contribution in [2.75, 3.05) is 27.0 Å². The molecule has 24 heavy (non-hydrogen) atoms. The van der Waals surface area contributed by atoms with Crippen LogP contribution in [0.2, 0.25) is 0 Å². The van der Waals surface area contributed by atoms with E-state index in [1.54, 1.807) is 18.2 Å². The normalized spacial score (nSPS) is 14.0. The standard InChI is InChI=1S/C18H20FNO4/c1-20(9-13-6-7-17-18(8-13)24-12-23-17)10-14(21)11-22-16-5-3-2-4-15(16)19/h2-8,14,21H,9-12H2,1H3/t14-/m1/s1. The summed E-state index contributed by atoms with van der Waals surface area (Å²) in [6, 6.07) is 11.9. The Hall–Kier alpha value is -2.31. The highest BCUT2D eigenvalue weighted by Gasteiger charge is 2.15. The number of likely N-dealkylation sites (N-methyl/N-ethyl adjacent to an activating group) is 1. The van der Waals surface area contributed by atoms with E-state index in [1.807, 2.05) is 30.1 Å². The SMILES string of the molecule is CN(Cc1ccc2c(c1)OCO2)C[C@@H](O)COc1ccccc1F. The monoisotopic (exact) mass is 333 g/mol. The van der Waals surface area contributed by atoms with Crippen LogP contribution in [0.1, 0.15) is 5.56 Å². The Morgan fingerprint density at radius 2 is 2.00 bits per heavy atom. The van der Waals surface area contributed by atoms with Crippen molar-refractivity contribution in [1.82, 2.24) is 4.90 Å². The molecule has 0 radical (unpaired) electrons. The fourth-order valence-electron chi connectivity index (χ4n) is 2.58. The number of aliphatic hydroxyl groups is 1. The molecule has 128 valence electrons. The summed E-state index contributed by atoms with van der Waals surface area (Å²) < 4.78 is 29.4. The van der Waals surface area contributed by atoms with E-state index in [9.17, 15) is 9.50 Å². The first-order valence-electron chi connectivity index (χ1n) is 7.74. The lowest BCUT2D eigenvalue weighted by molar-refractivity contribution is 0.0728. The molecular weight excluding hydrogens is 313 g/mol. The van der Waals surface area contributed by atoms with Crippen molar-refractivity contribution < 1.29 is 23.7 Å². The van der Waals surface area contributed by atoms with Crippen LogP contribution in [0.15, 0.2) is 42.5 Å². The lowest BCUT2D eigenvalue weighted by atomic mass is 10.2. The zero-order valence-corrected chi connectivity index (χ0v) is 13.4. The van der Waals surface area contributed by atoms with Crippen LogP contribution in [0.5, 0.6) is 17.2 Å². The molecule has 0 aromatic heterocycles. The Morgan fingerprint density at radius 1 is 1.21 bits per heavy atom. The molecule has 2 aromatic carbocycles. The summed E-state index contributed by atoms with van der Waals surface area (Å²) in [5.74, 6) is 1.21. The highest BCUT2D eigenvalue weighted by atomic mass is 19.1. The summed E-state index contributed by atoms with van der Waals surface area (Å²) in [5.41, 5.74) is 1.06. The van der Waals surface area contributed by atoms with Crippen LogP contribution in [0.25, 0.3) is 0 Å². The molecule has 6 heteroatoms. The van der Waals surface area contributed by atoms with Crippen molar-refractivity contribution in [1.29, 1.82) is 0 Å². The third-order valence-corrected chi connectivity index (χ3v) is 3.68. The van der Waals surface area contributed by atoms with Crippen LogP contribution >= 0.6 is 0 Å². The second-order valence-electron chi connectivity index (χ2n) is 5.78. The van der Waals surface area contributed by atoms with Gasteiger partial charge in [0, 0.05) is 13.1 Å². The van der Waals surface area contributed by atoms with Crippen molar-refractivity contribution in [3.63, 3.8) is 0 Å². The van der Waals surface area contributed by atoms with E-state index in [-0.39, 0.29) is 19.1 Å². The Kier molecular flexibility index (Phi) is 5.17. The maximum atomic E-state index is 13.5. The summed E-state index contributed by atoms with van der Waals surface area (Å²) in [4.78, 5) is 1.97. The van der Waals surface area contributed by atoms with Gasteiger partial charge in [-0.3, -0.25) is 4.90 Å². The minimum absolute atomic E-state index is 0.0341. The van der Waals surface area contributed by atoms with Crippen LogP contribution in [0.3, 0.4) is 0 Å². The van der Waals surface area contributed by atoms with Gasteiger partial charge >= 0.3 is 0 Å². The fourth-order valence-corrected chi connectivity index (χ4v) is 2.58. The molecule has 0 aliphatic carbocycles. The first-order valence-corrected chi connectivity index (χ1v) is 7.74. The van der Waals surface area contributed by atoms with Crippen LogP contribution in [0, 0.1) is 5.82 Å². The topological polar surface area (TPSA) is 51.2 Å². The van der Waals surface area contributed by atoms with Gasteiger partial charge in [0.05, 0.1) is 0 Å². The van der Waals surface area contributed by atoms with Crippen LogP contribution < -0.4 is 14.2 Å². The predicted molar refractivity (Wildman–Crippen MR) is 86.8 cm³/mol. The maximum Gasteiger partial charge on any atom is 0.231 e. The lowest BCUT2D eigenvalue weighted by Crippen LogP contribution is -2.32. The number of hydrogen-bond acceptors (Lipinski definition) is 5. The van der Waals surface area contributed by atoms with Gasteiger partial charge in [0.2, 0.25) is 6.79 Å². The van der Waals surface area contributed by atoms with Gasteiger partial charge in [0.25, 0.3) is 0 Å². The van der Waals surface area contributed by atoms with Gasteiger partial charge in [-0.05, 0) is 36.9 Å². The lowest BCUT2D eigenvalue weighted by Gasteiger charge is -2.21. The number of ether oxygens (including phenoxy) is 3. The minimum Gasteiger partial charge on any atom is -0.488 e. The van der Waals surface area contributed by atoms with E-state index in [4.69, 9.17) is 14.2 Å². The van der Waals surface area contributed by atoms with Crippen LogP contribution in [-0.2, 0) is 6.54 Å². The molecule has 1 aliphatic heterocycles. The minimum atomic E-state index is -0.719. The van der Waals surface area contributed by atoms with E-state index in [0.717, 1.165) is 17.1 Å². The van der Waals surface area contributed by atoms with E-state index < -0.39 is 11.9 Å². The number of rotatable bonds is 7.